The molecule has 1 atom stereocenters. The number of carbonyl (C=O) groups is 1. The van der Waals surface area contributed by atoms with E-state index in [9.17, 15) is 14.9 Å². The number of rotatable bonds is 4. The quantitative estimate of drug-likeness (QED) is 0.480. The molecule has 6 heteroatoms. The van der Waals surface area contributed by atoms with Crippen molar-refractivity contribution in [3.8, 4) is 0 Å². The molecule has 1 unspecified atom stereocenters. The van der Waals surface area contributed by atoms with Crippen LogP contribution in [-0.2, 0) is 9.53 Å². The number of aromatic nitrogens is 1. The number of aryl methyl sites for hydroxylation is 1. The van der Waals surface area contributed by atoms with E-state index < -0.39 is 16.4 Å². The molecule has 0 amide bonds. The van der Waals surface area contributed by atoms with Gasteiger partial charge in [0.1, 0.15) is 11.8 Å². The van der Waals surface area contributed by atoms with Crippen molar-refractivity contribution in [1.29, 1.82) is 0 Å². The second-order valence-electron chi connectivity index (χ2n) is 5.65. The Morgan fingerprint density at radius 1 is 1.50 bits per heavy atom. The van der Waals surface area contributed by atoms with Crippen molar-refractivity contribution in [2.24, 2.45) is 0 Å². The van der Waals surface area contributed by atoms with Crippen LogP contribution in [0.1, 0.15) is 51.2 Å². The minimum Gasteiger partial charge on any atom is -0.459 e. The molecule has 0 aliphatic carbocycles. The van der Waals surface area contributed by atoms with E-state index in [-0.39, 0.29) is 11.8 Å². The monoisotopic (exact) mass is 280 g/mol. The number of pyridine rings is 1. The zero-order valence-corrected chi connectivity index (χ0v) is 12.5. The predicted octanol–water partition coefficient (Wildman–Crippen LogP) is 3.13. The maximum Gasteiger partial charge on any atom is 0.363 e. The van der Waals surface area contributed by atoms with E-state index in [0.29, 0.717) is 17.5 Å². The highest BCUT2D eigenvalue weighted by Gasteiger charge is 2.28. The fourth-order valence-electron chi connectivity index (χ4n) is 1.90. The highest BCUT2D eigenvalue weighted by molar-refractivity contribution is 5.79. The molecule has 0 spiro atoms. The van der Waals surface area contributed by atoms with Crippen LogP contribution >= 0.6 is 0 Å². The first-order chi connectivity index (χ1) is 9.15. The molecule has 0 bridgehead atoms. The third-order valence-electron chi connectivity index (χ3n) is 2.80. The lowest BCUT2D eigenvalue weighted by molar-refractivity contribution is -0.389. The van der Waals surface area contributed by atoms with Gasteiger partial charge in [0, 0.05) is 11.6 Å². The minimum absolute atomic E-state index is 0.217. The number of carbonyl (C=O) groups excluding carboxylic acids is 1. The Morgan fingerprint density at radius 2 is 2.10 bits per heavy atom. The summed E-state index contributed by atoms with van der Waals surface area (Å²) in [6.45, 7) is 9.02. The van der Waals surface area contributed by atoms with Crippen LogP contribution in [0.3, 0.4) is 0 Å². The van der Waals surface area contributed by atoms with E-state index in [1.165, 1.54) is 12.3 Å². The summed E-state index contributed by atoms with van der Waals surface area (Å²) in [4.78, 5) is 26.1. The normalized spacial score (nSPS) is 12.8. The maximum absolute atomic E-state index is 12.2. The summed E-state index contributed by atoms with van der Waals surface area (Å²) < 4.78 is 5.38. The van der Waals surface area contributed by atoms with Gasteiger partial charge in [-0.3, -0.25) is 4.79 Å². The van der Waals surface area contributed by atoms with Crippen molar-refractivity contribution in [3.63, 3.8) is 0 Å². The van der Waals surface area contributed by atoms with Gasteiger partial charge < -0.3 is 14.9 Å². The van der Waals surface area contributed by atoms with Gasteiger partial charge in [-0.2, -0.15) is 0 Å². The van der Waals surface area contributed by atoms with Gasteiger partial charge >= 0.3 is 11.8 Å². The van der Waals surface area contributed by atoms with E-state index in [0.717, 1.165) is 0 Å². The zero-order chi connectivity index (χ0) is 15.5. The summed E-state index contributed by atoms with van der Waals surface area (Å²) in [6.07, 6.45) is 1.95. The van der Waals surface area contributed by atoms with Crippen LogP contribution in [0.15, 0.2) is 12.3 Å². The highest BCUT2D eigenvalue weighted by Crippen LogP contribution is 2.27. The molecule has 0 saturated heterocycles. The summed E-state index contributed by atoms with van der Waals surface area (Å²) in [5, 5.41) is 10.7. The number of hydrogen-bond donors (Lipinski definition) is 0. The largest absolute Gasteiger partial charge is 0.459 e. The van der Waals surface area contributed by atoms with Gasteiger partial charge in [0.25, 0.3) is 0 Å². The Labute approximate surface area is 118 Å². The Balaban J connectivity index is 3.07. The van der Waals surface area contributed by atoms with Crippen LogP contribution in [-0.4, -0.2) is 21.5 Å². The SMILES string of the molecule is CCC(C(=O)OC(C)(C)C)c1cnc([N+](=O)[O-])cc1C. The van der Waals surface area contributed by atoms with Crippen molar-refractivity contribution in [3.05, 3.63) is 33.5 Å². The van der Waals surface area contributed by atoms with E-state index in [1.807, 2.05) is 6.92 Å². The fourth-order valence-corrected chi connectivity index (χ4v) is 1.90. The van der Waals surface area contributed by atoms with Crippen molar-refractivity contribution in [2.75, 3.05) is 0 Å². The summed E-state index contributed by atoms with van der Waals surface area (Å²) in [7, 11) is 0. The summed E-state index contributed by atoms with van der Waals surface area (Å²) >= 11 is 0. The fraction of sp³-hybridized carbons (Fsp3) is 0.571. The van der Waals surface area contributed by atoms with Gasteiger partial charge in [0.05, 0.1) is 5.92 Å². The average molecular weight is 280 g/mol. The molecule has 20 heavy (non-hydrogen) atoms. The molecule has 0 fully saturated rings. The summed E-state index contributed by atoms with van der Waals surface area (Å²) in [5.74, 6) is -1.01. The highest BCUT2D eigenvalue weighted by atomic mass is 16.6. The van der Waals surface area contributed by atoms with Gasteiger partial charge in [-0.25, -0.2) is 0 Å². The molecule has 1 aromatic rings. The van der Waals surface area contributed by atoms with Crippen molar-refractivity contribution < 1.29 is 14.5 Å². The number of ether oxygens (including phenoxy) is 1. The molecule has 0 aliphatic heterocycles. The van der Waals surface area contributed by atoms with Gasteiger partial charge in [-0.15, -0.1) is 0 Å². The maximum atomic E-state index is 12.2. The summed E-state index contributed by atoms with van der Waals surface area (Å²) in [5.41, 5.74) is 0.781. The first kappa shape index (κ1) is 16.1. The minimum atomic E-state index is -0.563. The predicted molar refractivity (Wildman–Crippen MR) is 74.5 cm³/mol. The Hall–Kier alpha value is -1.98. The molecule has 110 valence electrons. The van der Waals surface area contributed by atoms with E-state index in [1.54, 1.807) is 27.7 Å². The Kier molecular flexibility index (Phi) is 4.81. The Bertz CT molecular complexity index is 520. The van der Waals surface area contributed by atoms with Crippen molar-refractivity contribution in [1.82, 2.24) is 4.98 Å². The molecule has 0 saturated carbocycles. The molecule has 0 N–H and O–H groups in total. The van der Waals surface area contributed by atoms with Crippen LogP contribution in [0.5, 0.6) is 0 Å². The molecule has 0 radical (unpaired) electrons. The summed E-state index contributed by atoms with van der Waals surface area (Å²) in [6, 6.07) is 1.38. The number of hydrogen-bond acceptors (Lipinski definition) is 5. The lowest BCUT2D eigenvalue weighted by Gasteiger charge is -2.23. The van der Waals surface area contributed by atoms with Gasteiger partial charge in [0.15, 0.2) is 0 Å². The first-order valence-corrected chi connectivity index (χ1v) is 6.49. The van der Waals surface area contributed by atoms with Gasteiger partial charge in [-0.05, 0) is 49.6 Å². The lowest BCUT2D eigenvalue weighted by atomic mass is 9.94. The molecular formula is C14H20N2O4. The van der Waals surface area contributed by atoms with E-state index in [2.05, 4.69) is 4.98 Å². The molecule has 0 aromatic carbocycles. The van der Waals surface area contributed by atoms with E-state index in [4.69, 9.17) is 4.74 Å². The third kappa shape index (κ3) is 4.01. The zero-order valence-electron chi connectivity index (χ0n) is 12.5. The molecule has 6 nitrogen and oxygen atoms in total. The van der Waals surface area contributed by atoms with Crippen LogP contribution < -0.4 is 0 Å². The average Bonchev–Trinajstić information content (AvgIpc) is 2.29. The number of nitrogens with zero attached hydrogens (tertiary/aromatic N) is 2. The lowest BCUT2D eigenvalue weighted by Crippen LogP contribution is -2.28. The van der Waals surface area contributed by atoms with Crippen LogP contribution in [0.25, 0.3) is 0 Å². The standard InChI is InChI=1S/C14H20N2O4/c1-6-10(13(17)20-14(3,4)5)11-8-15-12(16(18)19)7-9(11)2/h7-8,10H,6H2,1-5H3. The van der Waals surface area contributed by atoms with Crippen molar-refractivity contribution >= 4 is 11.8 Å². The van der Waals surface area contributed by atoms with Crippen LogP contribution in [0.2, 0.25) is 0 Å². The molecule has 1 rings (SSSR count). The van der Waals surface area contributed by atoms with Crippen LogP contribution in [0, 0.1) is 17.0 Å². The molecule has 1 aromatic heterocycles. The smallest absolute Gasteiger partial charge is 0.363 e. The van der Waals surface area contributed by atoms with E-state index >= 15 is 0 Å². The van der Waals surface area contributed by atoms with Crippen LogP contribution in [0.4, 0.5) is 5.82 Å². The third-order valence-corrected chi connectivity index (χ3v) is 2.80. The first-order valence-electron chi connectivity index (χ1n) is 6.49. The van der Waals surface area contributed by atoms with Gasteiger partial charge in [0.2, 0.25) is 0 Å². The molecule has 1 heterocycles. The number of esters is 1. The van der Waals surface area contributed by atoms with Gasteiger partial charge in [-0.1, -0.05) is 6.92 Å². The topological polar surface area (TPSA) is 82.3 Å². The number of nitro groups is 1. The van der Waals surface area contributed by atoms with Crippen molar-refractivity contribution in [2.45, 2.75) is 52.6 Å². The Morgan fingerprint density at radius 3 is 2.50 bits per heavy atom. The molecule has 0 aliphatic rings. The second kappa shape index (κ2) is 5.98. The molecular weight excluding hydrogens is 260 g/mol. The second-order valence-corrected chi connectivity index (χ2v) is 5.65.